The number of carbonyl (C=O) groups excluding carboxylic acids is 1. The van der Waals surface area contributed by atoms with Gasteiger partial charge >= 0.3 is 5.97 Å². The van der Waals surface area contributed by atoms with E-state index < -0.39 is 11.8 Å². The molecule has 0 fully saturated rings. The van der Waals surface area contributed by atoms with Crippen molar-refractivity contribution in [1.29, 1.82) is 0 Å². The fraction of sp³-hybridized carbons (Fsp3) is 0.286. The molecule has 1 aromatic carbocycles. The van der Waals surface area contributed by atoms with Crippen LogP contribution in [0.15, 0.2) is 22.6 Å². The van der Waals surface area contributed by atoms with E-state index in [0.717, 1.165) is 5.56 Å². The maximum Gasteiger partial charge on any atom is 0.376 e. The smallest absolute Gasteiger partial charge is 0.376 e. The lowest BCUT2D eigenvalue weighted by atomic mass is 10.1. The first kappa shape index (κ1) is 14.2. The van der Waals surface area contributed by atoms with Gasteiger partial charge in [0, 0.05) is 12.7 Å². The monoisotopic (exact) mass is 279 g/mol. The molecule has 0 aliphatic rings. The van der Waals surface area contributed by atoms with Crippen LogP contribution < -0.4 is 0 Å². The molecule has 0 bridgehead atoms. The Labute approximate surface area is 115 Å². The van der Waals surface area contributed by atoms with E-state index in [9.17, 15) is 9.18 Å². The highest BCUT2D eigenvalue weighted by molar-refractivity contribution is 5.87. The molecule has 0 saturated heterocycles. The molecule has 0 spiro atoms. The van der Waals surface area contributed by atoms with Gasteiger partial charge in [-0.1, -0.05) is 0 Å². The SMILES string of the molecule is COCc1nc(-c2cc(C)cc(F)c2)oc1C(=O)OC. The number of hydrogen-bond donors (Lipinski definition) is 0. The molecule has 20 heavy (non-hydrogen) atoms. The predicted octanol–water partition coefficient (Wildman–Crippen LogP) is 2.72. The summed E-state index contributed by atoms with van der Waals surface area (Å²) in [7, 11) is 2.72. The molecular formula is C14H14FNO4. The Morgan fingerprint density at radius 3 is 2.70 bits per heavy atom. The third-order valence-corrected chi connectivity index (χ3v) is 2.64. The normalized spacial score (nSPS) is 10.6. The third kappa shape index (κ3) is 2.85. The van der Waals surface area contributed by atoms with E-state index in [1.165, 1.54) is 26.4 Å². The van der Waals surface area contributed by atoms with E-state index in [-0.39, 0.29) is 18.3 Å². The van der Waals surface area contributed by atoms with Gasteiger partial charge < -0.3 is 13.9 Å². The van der Waals surface area contributed by atoms with Crippen molar-refractivity contribution in [1.82, 2.24) is 4.98 Å². The first-order chi connectivity index (χ1) is 9.55. The van der Waals surface area contributed by atoms with Gasteiger partial charge in [-0.15, -0.1) is 0 Å². The molecular weight excluding hydrogens is 265 g/mol. The molecule has 5 nitrogen and oxygen atoms in total. The fourth-order valence-corrected chi connectivity index (χ4v) is 1.82. The van der Waals surface area contributed by atoms with Crippen LogP contribution in [0, 0.1) is 12.7 Å². The van der Waals surface area contributed by atoms with Crippen LogP contribution in [0.1, 0.15) is 21.8 Å². The lowest BCUT2D eigenvalue weighted by molar-refractivity contribution is 0.0559. The highest BCUT2D eigenvalue weighted by atomic mass is 19.1. The summed E-state index contributed by atoms with van der Waals surface area (Å²) in [6, 6.07) is 4.40. The Balaban J connectivity index is 2.49. The van der Waals surface area contributed by atoms with Gasteiger partial charge in [-0.05, 0) is 30.7 Å². The van der Waals surface area contributed by atoms with Crippen molar-refractivity contribution in [2.24, 2.45) is 0 Å². The van der Waals surface area contributed by atoms with Crippen molar-refractivity contribution in [3.63, 3.8) is 0 Å². The molecule has 6 heteroatoms. The average Bonchev–Trinajstić information content (AvgIpc) is 2.81. The second-order valence-electron chi connectivity index (χ2n) is 4.24. The average molecular weight is 279 g/mol. The highest BCUT2D eigenvalue weighted by Gasteiger charge is 2.21. The third-order valence-electron chi connectivity index (χ3n) is 2.64. The summed E-state index contributed by atoms with van der Waals surface area (Å²) in [5.41, 5.74) is 1.50. The van der Waals surface area contributed by atoms with Gasteiger partial charge in [0.1, 0.15) is 11.5 Å². The maximum absolute atomic E-state index is 13.4. The Hall–Kier alpha value is -2.21. The van der Waals surface area contributed by atoms with Crippen molar-refractivity contribution in [3.05, 3.63) is 41.0 Å². The van der Waals surface area contributed by atoms with Crippen LogP contribution in [-0.4, -0.2) is 25.2 Å². The summed E-state index contributed by atoms with van der Waals surface area (Å²) in [5, 5.41) is 0. The first-order valence-corrected chi connectivity index (χ1v) is 5.89. The molecule has 0 radical (unpaired) electrons. The van der Waals surface area contributed by atoms with Crippen molar-refractivity contribution in [3.8, 4) is 11.5 Å². The number of oxazole rings is 1. The molecule has 106 valence electrons. The number of carbonyl (C=O) groups is 1. The molecule has 0 aliphatic heterocycles. The summed E-state index contributed by atoms with van der Waals surface area (Å²) in [5.74, 6) is -0.929. The van der Waals surface area contributed by atoms with Crippen LogP contribution in [0.3, 0.4) is 0 Å². The van der Waals surface area contributed by atoms with E-state index in [1.54, 1.807) is 13.0 Å². The Bertz CT molecular complexity index is 616. The summed E-state index contributed by atoms with van der Waals surface area (Å²) in [4.78, 5) is 15.8. The zero-order chi connectivity index (χ0) is 14.7. The van der Waals surface area contributed by atoms with Crippen molar-refractivity contribution in [2.45, 2.75) is 13.5 Å². The molecule has 2 rings (SSSR count). The van der Waals surface area contributed by atoms with Crippen LogP contribution in [0.2, 0.25) is 0 Å². The van der Waals surface area contributed by atoms with Gasteiger partial charge in [-0.25, -0.2) is 14.2 Å². The second kappa shape index (κ2) is 5.83. The zero-order valence-corrected chi connectivity index (χ0v) is 11.4. The number of aryl methyl sites for hydroxylation is 1. The highest BCUT2D eigenvalue weighted by Crippen LogP contribution is 2.25. The van der Waals surface area contributed by atoms with Gasteiger partial charge in [0.15, 0.2) is 0 Å². The molecule has 0 aliphatic carbocycles. The number of rotatable bonds is 4. The Morgan fingerprint density at radius 1 is 1.35 bits per heavy atom. The van der Waals surface area contributed by atoms with Crippen molar-refractivity contribution >= 4 is 5.97 Å². The van der Waals surface area contributed by atoms with Crippen LogP contribution in [0.4, 0.5) is 4.39 Å². The Morgan fingerprint density at radius 2 is 2.10 bits per heavy atom. The summed E-state index contributed by atoms with van der Waals surface area (Å²) >= 11 is 0. The predicted molar refractivity (Wildman–Crippen MR) is 68.7 cm³/mol. The number of halogens is 1. The topological polar surface area (TPSA) is 61.6 Å². The van der Waals surface area contributed by atoms with Gasteiger partial charge in [0.05, 0.1) is 13.7 Å². The van der Waals surface area contributed by atoms with E-state index in [4.69, 9.17) is 9.15 Å². The van der Waals surface area contributed by atoms with E-state index in [2.05, 4.69) is 9.72 Å². The first-order valence-electron chi connectivity index (χ1n) is 5.89. The Kier molecular flexibility index (Phi) is 4.14. The van der Waals surface area contributed by atoms with Crippen LogP contribution >= 0.6 is 0 Å². The van der Waals surface area contributed by atoms with Gasteiger partial charge in [-0.2, -0.15) is 0 Å². The molecule has 0 unspecified atom stereocenters. The molecule has 1 heterocycles. The fourth-order valence-electron chi connectivity index (χ4n) is 1.82. The van der Waals surface area contributed by atoms with Gasteiger partial charge in [0.2, 0.25) is 11.7 Å². The summed E-state index contributed by atoms with van der Waals surface area (Å²) in [6.07, 6.45) is 0. The van der Waals surface area contributed by atoms with Gasteiger partial charge in [-0.3, -0.25) is 0 Å². The van der Waals surface area contributed by atoms with Crippen LogP contribution in [0.25, 0.3) is 11.5 Å². The zero-order valence-electron chi connectivity index (χ0n) is 11.4. The van der Waals surface area contributed by atoms with E-state index in [0.29, 0.717) is 11.3 Å². The molecule has 0 amide bonds. The number of esters is 1. The number of benzene rings is 1. The van der Waals surface area contributed by atoms with Gasteiger partial charge in [0.25, 0.3) is 0 Å². The van der Waals surface area contributed by atoms with E-state index >= 15 is 0 Å². The molecule has 0 atom stereocenters. The minimum absolute atomic E-state index is 0.0359. The standard InChI is InChI=1S/C14H14FNO4/c1-8-4-9(6-10(15)5-8)13-16-11(7-18-2)12(20-13)14(17)19-3/h4-6H,7H2,1-3H3. The molecule has 1 aromatic heterocycles. The summed E-state index contributed by atoms with van der Waals surface area (Å²) < 4.78 is 28.4. The molecule has 0 saturated carbocycles. The number of hydrogen-bond acceptors (Lipinski definition) is 5. The lowest BCUT2D eigenvalue weighted by Gasteiger charge is -1.98. The maximum atomic E-state index is 13.4. The quantitative estimate of drug-likeness (QED) is 0.805. The minimum atomic E-state index is -0.649. The lowest BCUT2D eigenvalue weighted by Crippen LogP contribution is -2.04. The van der Waals surface area contributed by atoms with Crippen molar-refractivity contribution < 1.29 is 23.1 Å². The number of ether oxygens (including phenoxy) is 2. The number of aromatic nitrogens is 1. The summed E-state index contributed by atoms with van der Waals surface area (Å²) in [6.45, 7) is 1.86. The second-order valence-corrected chi connectivity index (χ2v) is 4.24. The molecule has 2 aromatic rings. The number of nitrogens with zero attached hydrogens (tertiary/aromatic N) is 1. The largest absolute Gasteiger partial charge is 0.463 e. The minimum Gasteiger partial charge on any atom is -0.463 e. The molecule has 0 N–H and O–H groups in total. The number of methoxy groups -OCH3 is 2. The van der Waals surface area contributed by atoms with Crippen molar-refractivity contribution in [2.75, 3.05) is 14.2 Å². The van der Waals surface area contributed by atoms with Crippen LogP contribution in [0.5, 0.6) is 0 Å². The van der Waals surface area contributed by atoms with Crippen LogP contribution in [-0.2, 0) is 16.1 Å². The van der Waals surface area contributed by atoms with E-state index in [1.807, 2.05) is 0 Å².